The summed E-state index contributed by atoms with van der Waals surface area (Å²) < 4.78 is 6.11. The number of aliphatic imine (C=N–C) groups is 1. The van der Waals surface area contributed by atoms with Gasteiger partial charge in [0, 0.05) is 49.5 Å². The van der Waals surface area contributed by atoms with Gasteiger partial charge < -0.3 is 19.9 Å². The normalized spacial score (nSPS) is 29.8. The Labute approximate surface area is 168 Å². The summed E-state index contributed by atoms with van der Waals surface area (Å²) in [7, 11) is 2.13. The highest BCUT2D eigenvalue weighted by Gasteiger charge is 2.65. The molecule has 5 nitrogen and oxygen atoms in total. The lowest BCUT2D eigenvalue weighted by Crippen LogP contribution is -2.69. The van der Waals surface area contributed by atoms with Gasteiger partial charge in [-0.05, 0) is 38.3 Å². The van der Waals surface area contributed by atoms with E-state index in [4.69, 9.17) is 9.73 Å². The Morgan fingerprint density at radius 2 is 2.24 bits per heavy atom. The van der Waals surface area contributed by atoms with Crippen LogP contribution in [0.3, 0.4) is 0 Å². The van der Waals surface area contributed by atoms with E-state index in [0.717, 1.165) is 25.7 Å². The number of hydrogen-bond donors (Lipinski definition) is 2. The van der Waals surface area contributed by atoms with Gasteiger partial charge in [0.25, 0.3) is 0 Å². The number of H-pyrrole nitrogens is 1. The Bertz CT molecular complexity index is 582. The van der Waals surface area contributed by atoms with Crippen LogP contribution in [0.25, 0.3) is 0 Å². The van der Waals surface area contributed by atoms with Crippen LogP contribution in [0.15, 0.2) is 23.3 Å². The van der Waals surface area contributed by atoms with Crippen LogP contribution >= 0.6 is 24.0 Å². The summed E-state index contributed by atoms with van der Waals surface area (Å²) in [6.07, 6.45) is 9.00. The van der Waals surface area contributed by atoms with Gasteiger partial charge in [-0.15, -0.1) is 24.0 Å². The van der Waals surface area contributed by atoms with Gasteiger partial charge in [0.05, 0.1) is 12.6 Å². The van der Waals surface area contributed by atoms with Crippen molar-refractivity contribution in [2.24, 2.45) is 16.3 Å². The molecule has 1 aliphatic heterocycles. The first-order valence-electron chi connectivity index (χ1n) is 9.50. The van der Waals surface area contributed by atoms with Crippen molar-refractivity contribution in [3.05, 3.63) is 24.0 Å². The zero-order chi connectivity index (χ0) is 16.6. The molecule has 1 spiro atoms. The predicted molar refractivity (Wildman–Crippen MR) is 111 cm³/mol. The fraction of sp³-hybridized carbons (Fsp3) is 0.737. The molecule has 25 heavy (non-hydrogen) atoms. The van der Waals surface area contributed by atoms with Crippen LogP contribution in [0.1, 0.15) is 44.7 Å². The van der Waals surface area contributed by atoms with Crippen LogP contribution in [0.4, 0.5) is 0 Å². The SMILES string of the molecule is CCN=C(NC1C2CCOC2C12CCCC2)N(C)Cc1ccc[nH]1.I. The monoisotopic (exact) mass is 458 g/mol. The number of fused-ring (bicyclic) bond motifs is 2. The summed E-state index contributed by atoms with van der Waals surface area (Å²) in [5, 5.41) is 3.85. The van der Waals surface area contributed by atoms with Crippen molar-refractivity contribution in [2.75, 3.05) is 20.2 Å². The molecular weight excluding hydrogens is 427 g/mol. The molecule has 1 aromatic heterocycles. The van der Waals surface area contributed by atoms with Gasteiger partial charge in [-0.25, -0.2) is 0 Å². The smallest absolute Gasteiger partial charge is 0.194 e. The van der Waals surface area contributed by atoms with Gasteiger partial charge in [0.2, 0.25) is 0 Å². The summed E-state index contributed by atoms with van der Waals surface area (Å²) in [5.41, 5.74) is 1.58. The molecule has 3 unspecified atom stereocenters. The summed E-state index contributed by atoms with van der Waals surface area (Å²) in [4.78, 5) is 10.3. The number of aromatic nitrogens is 1. The minimum Gasteiger partial charge on any atom is -0.377 e. The Balaban J connectivity index is 0.00000182. The standard InChI is InChI=1S/C19H30N4O.HI/c1-3-20-18(23(2)13-14-7-6-11-21-14)22-16-15-8-12-24-17(15)19(16)9-4-5-10-19;/h6-7,11,15-17,21H,3-5,8-10,12-13H2,1-2H3,(H,20,22);1H. The third-order valence-corrected chi connectivity index (χ3v) is 6.31. The van der Waals surface area contributed by atoms with E-state index in [0.29, 0.717) is 23.5 Å². The number of rotatable bonds is 4. The molecule has 0 aromatic carbocycles. The molecule has 2 saturated carbocycles. The average molecular weight is 458 g/mol. The lowest BCUT2D eigenvalue weighted by Gasteiger charge is -2.57. The third-order valence-electron chi connectivity index (χ3n) is 6.31. The molecule has 0 amide bonds. The number of hydrogen-bond acceptors (Lipinski definition) is 2. The molecule has 3 fully saturated rings. The van der Waals surface area contributed by atoms with Crippen LogP contribution in [-0.4, -0.2) is 48.2 Å². The fourth-order valence-electron chi connectivity index (χ4n) is 5.27. The molecule has 3 atom stereocenters. The van der Waals surface area contributed by atoms with E-state index < -0.39 is 0 Å². The van der Waals surface area contributed by atoms with E-state index >= 15 is 0 Å². The average Bonchev–Trinajstić information content (AvgIpc) is 3.30. The van der Waals surface area contributed by atoms with Crippen LogP contribution < -0.4 is 5.32 Å². The first-order valence-corrected chi connectivity index (χ1v) is 9.50. The van der Waals surface area contributed by atoms with Crippen LogP contribution in [0, 0.1) is 11.3 Å². The van der Waals surface area contributed by atoms with Crippen molar-refractivity contribution in [3.8, 4) is 0 Å². The van der Waals surface area contributed by atoms with Gasteiger partial charge in [-0.2, -0.15) is 0 Å². The zero-order valence-corrected chi connectivity index (χ0v) is 17.7. The number of aromatic amines is 1. The number of ether oxygens (including phenoxy) is 1. The third kappa shape index (κ3) is 3.31. The molecule has 3 aliphatic rings. The van der Waals surface area contributed by atoms with Crippen LogP contribution in [-0.2, 0) is 11.3 Å². The number of nitrogens with zero attached hydrogens (tertiary/aromatic N) is 2. The number of halogens is 1. The maximum Gasteiger partial charge on any atom is 0.194 e. The minimum atomic E-state index is 0. The van der Waals surface area contributed by atoms with Crippen LogP contribution in [0.2, 0.25) is 0 Å². The number of guanidine groups is 1. The quantitative estimate of drug-likeness (QED) is 0.413. The molecule has 0 radical (unpaired) electrons. The van der Waals surface area contributed by atoms with Crippen molar-refractivity contribution in [2.45, 2.75) is 57.7 Å². The molecule has 6 heteroatoms. The highest BCUT2D eigenvalue weighted by Crippen LogP contribution is 2.60. The fourth-order valence-corrected chi connectivity index (χ4v) is 5.27. The van der Waals surface area contributed by atoms with Gasteiger partial charge in [0.15, 0.2) is 5.96 Å². The minimum absolute atomic E-state index is 0. The van der Waals surface area contributed by atoms with Crippen molar-refractivity contribution < 1.29 is 4.74 Å². The maximum atomic E-state index is 6.11. The first-order chi connectivity index (χ1) is 11.7. The predicted octanol–water partition coefficient (Wildman–Crippen LogP) is 3.38. The van der Waals surface area contributed by atoms with E-state index in [1.807, 2.05) is 12.3 Å². The molecule has 1 aromatic rings. The van der Waals surface area contributed by atoms with Gasteiger partial charge in [0.1, 0.15) is 0 Å². The zero-order valence-electron chi connectivity index (χ0n) is 15.3. The van der Waals surface area contributed by atoms with E-state index in [9.17, 15) is 0 Å². The Morgan fingerprint density at radius 3 is 2.92 bits per heavy atom. The summed E-state index contributed by atoms with van der Waals surface area (Å²) >= 11 is 0. The molecule has 2 N–H and O–H groups in total. The van der Waals surface area contributed by atoms with Gasteiger partial charge in [-0.1, -0.05) is 12.8 Å². The van der Waals surface area contributed by atoms with Gasteiger partial charge in [-0.3, -0.25) is 4.99 Å². The van der Waals surface area contributed by atoms with Crippen LogP contribution in [0.5, 0.6) is 0 Å². The molecule has 0 bridgehead atoms. The second-order valence-corrected chi connectivity index (χ2v) is 7.66. The summed E-state index contributed by atoms with van der Waals surface area (Å²) in [6.45, 7) is 4.70. The number of nitrogens with one attached hydrogen (secondary N) is 2. The Hall–Kier alpha value is -0.760. The van der Waals surface area contributed by atoms with Crippen molar-refractivity contribution >= 4 is 29.9 Å². The molecule has 140 valence electrons. The Morgan fingerprint density at radius 1 is 1.44 bits per heavy atom. The topological polar surface area (TPSA) is 52.7 Å². The van der Waals surface area contributed by atoms with E-state index in [1.54, 1.807) is 0 Å². The largest absolute Gasteiger partial charge is 0.377 e. The Kier molecular flexibility index (Phi) is 5.98. The second kappa shape index (κ2) is 7.86. The van der Waals surface area contributed by atoms with E-state index in [-0.39, 0.29) is 24.0 Å². The highest BCUT2D eigenvalue weighted by atomic mass is 127. The van der Waals surface area contributed by atoms with Crippen molar-refractivity contribution in [3.63, 3.8) is 0 Å². The summed E-state index contributed by atoms with van der Waals surface area (Å²) in [6, 6.07) is 4.71. The molecule has 2 aliphatic carbocycles. The molecule has 1 saturated heterocycles. The van der Waals surface area contributed by atoms with E-state index in [2.05, 4.69) is 35.2 Å². The lowest BCUT2D eigenvalue weighted by atomic mass is 9.54. The molecule has 4 rings (SSSR count). The van der Waals surface area contributed by atoms with Crippen molar-refractivity contribution in [1.29, 1.82) is 0 Å². The van der Waals surface area contributed by atoms with E-state index in [1.165, 1.54) is 37.8 Å². The van der Waals surface area contributed by atoms with Crippen molar-refractivity contribution in [1.82, 2.24) is 15.2 Å². The lowest BCUT2D eigenvalue weighted by molar-refractivity contribution is -0.125. The molecule has 2 heterocycles. The van der Waals surface area contributed by atoms with Gasteiger partial charge >= 0.3 is 0 Å². The molecular formula is C19H31IN4O. The second-order valence-electron chi connectivity index (χ2n) is 7.66. The first kappa shape index (κ1) is 19.0. The highest BCUT2D eigenvalue weighted by molar-refractivity contribution is 14.0. The maximum absolute atomic E-state index is 6.11. The summed E-state index contributed by atoms with van der Waals surface area (Å²) in [5.74, 6) is 1.71.